The predicted octanol–water partition coefficient (Wildman–Crippen LogP) is 6.12. The Bertz CT molecular complexity index is 1420. The maximum absolute atomic E-state index is 13.2. The molecule has 4 aromatic carbocycles. The van der Waals surface area contributed by atoms with E-state index in [0.717, 1.165) is 10.8 Å². The van der Waals surface area contributed by atoms with Crippen LogP contribution in [0.15, 0.2) is 91.0 Å². The topological polar surface area (TPSA) is 97.4 Å². The van der Waals surface area contributed by atoms with E-state index in [2.05, 4.69) is 0 Å². The van der Waals surface area contributed by atoms with E-state index in [1.165, 1.54) is 14.2 Å². The van der Waals surface area contributed by atoms with Crippen molar-refractivity contribution in [1.29, 1.82) is 0 Å². The first-order valence-electron chi connectivity index (χ1n) is 13.2. The number of benzene rings is 4. The van der Waals surface area contributed by atoms with Crippen LogP contribution < -0.4 is 9.47 Å². The standard InChI is InChI=1S/C33H32O8/c1-4-33(20-39-30(34)24-12-16-26(37-2)17-13-24,21-40-31(35)25-14-18-27(38-3)19-15-25)22-41-32(36)29-11-7-9-23-8-5-6-10-28(23)29/h5-19H,4,20-22H2,1-3H3. The van der Waals surface area contributed by atoms with Crippen LogP contribution in [0.2, 0.25) is 0 Å². The lowest BCUT2D eigenvalue weighted by Crippen LogP contribution is -2.39. The van der Waals surface area contributed by atoms with Gasteiger partial charge in [0.1, 0.15) is 31.3 Å². The summed E-state index contributed by atoms with van der Waals surface area (Å²) in [5, 5.41) is 1.67. The Morgan fingerprint density at radius 1 is 0.585 bits per heavy atom. The van der Waals surface area contributed by atoms with E-state index in [4.69, 9.17) is 23.7 Å². The van der Waals surface area contributed by atoms with Gasteiger partial charge in [0.2, 0.25) is 0 Å². The molecule has 0 heterocycles. The Hall–Kier alpha value is -4.85. The van der Waals surface area contributed by atoms with Gasteiger partial charge in [0.05, 0.1) is 36.3 Å². The van der Waals surface area contributed by atoms with Gasteiger partial charge >= 0.3 is 17.9 Å². The minimum atomic E-state index is -0.996. The fourth-order valence-corrected chi connectivity index (χ4v) is 4.19. The molecule has 4 aromatic rings. The molecule has 0 bridgehead atoms. The summed E-state index contributed by atoms with van der Waals surface area (Å²) < 4.78 is 27.4. The minimum absolute atomic E-state index is 0.142. The van der Waals surface area contributed by atoms with Crippen LogP contribution in [0.25, 0.3) is 10.8 Å². The molecule has 0 unspecified atom stereocenters. The molecule has 0 N–H and O–H groups in total. The number of esters is 3. The third-order valence-electron chi connectivity index (χ3n) is 6.94. The minimum Gasteiger partial charge on any atom is -0.497 e. The molecule has 0 amide bonds. The summed E-state index contributed by atoms with van der Waals surface area (Å²) in [6.45, 7) is 1.42. The Labute approximate surface area is 238 Å². The van der Waals surface area contributed by atoms with Gasteiger partial charge in [-0.25, -0.2) is 14.4 Å². The Kier molecular flexibility index (Phi) is 9.58. The summed E-state index contributed by atoms with van der Waals surface area (Å²) in [7, 11) is 3.07. The van der Waals surface area contributed by atoms with E-state index in [1.807, 2.05) is 37.3 Å². The zero-order valence-electron chi connectivity index (χ0n) is 23.3. The fourth-order valence-electron chi connectivity index (χ4n) is 4.19. The van der Waals surface area contributed by atoms with E-state index in [-0.39, 0.29) is 19.8 Å². The van der Waals surface area contributed by atoms with Gasteiger partial charge in [0, 0.05) is 0 Å². The number of rotatable bonds is 12. The van der Waals surface area contributed by atoms with Crippen molar-refractivity contribution in [3.63, 3.8) is 0 Å². The maximum Gasteiger partial charge on any atom is 0.338 e. The summed E-state index contributed by atoms with van der Waals surface area (Å²) >= 11 is 0. The van der Waals surface area contributed by atoms with Crippen molar-refractivity contribution >= 4 is 28.7 Å². The first kappa shape index (κ1) is 29.1. The van der Waals surface area contributed by atoms with Gasteiger partial charge in [-0.05, 0) is 71.8 Å². The number of hydrogen-bond donors (Lipinski definition) is 0. The molecule has 0 aromatic heterocycles. The smallest absolute Gasteiger partial charge is 0.338 e. The lowest BCUT2D eigenvalue weighted by atomic mass is 9.88. The Morgan fingerprint density at radius 2 is 1.05 bits per heavy atom. The normalized spacial score (nSPS) is 11.0. The van der Waals surface area contributed by atoms with Crippen molar-refractivity contribution in [2.75, 3.05) is 34.0 Å². The van der Waals surface area contributed by atoms with Crippen LogP contribution in [0.5, 0.6) is 11.5 Å². The van der Waals surface area contributed by atoms with Crippen LogP contribution in [0.3, 0.4) is 0 Å². The molecule has 8 nitrogen and oxygen atoms in total. The van der Waals surface area contributed by atoms with E-state index in [0.29, 0.717) is 34.6 Å². The molecule has 0 aliphatic heterocycles. The van der Waals surface area contributed by atoms with Crippen molar-refractivity contribution in [3.8, 4) is 11.5 Å². The fraction of sp³-hybridized carbons (Fsp3) is 0.242. The molecule has 0 radical (unpaired) electrons. The molecule has 0 atom stereocenters. The van der Waals surface area contributed by atoms with Gasteiger partial charge in [-0.15, -0.1) is 0 Å². The second-order valence-corrected chi connectivity index (χ2v) is 9.57. The second kappa shape index (κ2) is 13.5. The third-order valence-corrected chi connectivity index (χ3v) is 6.94. The molecule has 41 heavy (non-hydrogen) atoms. The quantitative estimate of drug-likeness (QED) is 0.152. The number of carbonyl (C=O) groups excluding carboxylic acids is 3. The van der Waals surface area contributed by atoms with E-state index < -0.39 is 23.3 Å². The molecule has 0 saturated heterocycles. The molecule has 0 aliphatic carbocycles. The Balaban J connectivity index is 1.51. The van der Waals surface area contributed by atoms with Gasteiger partial charge in [0.25, 0.3) is 0 Å². The van der Waals surface area contributed by atoms with E-state index in [1.54, 1.807) is 60.7 Å². The van der Waals surface area contributed by atoms with E-state index in [9.17, 15) is 14.4 Å². The zero-order chi connectivity index (χ0) is 29.2. The van der Waals surface area contributed by atoms with Crippen LogP contribution in [0.4, 0.5) is 0 Å². The molecule has 0 fully saturated rings. The van der Waals surface area contributed by atoms with Crippen LogP contribution in [0.1, 0.15) is 44.4 Å². The highest BCUT2D eigenvalue weighted by molar-refractivity contribution is 6.04. The summed E-state index contributed by atoms with van der Waals surface area (Å²) in [6.07, 6.45) is 0.390. The molecule has 0 saturated carbocycles. The molecular weight excluding hydrogens is 524 g/mol. The number of hydrogen-bond acceptors (Lipinski definition) is 8. The number of ether oxygens (including phenoxy) is 5. The second-order valence-electron chi connectivity index (χ2n) is 9.57. The highest BCUT2D eigenvalue weighted by atomic mass is 16.6. The first-order chi connectivity index (χ1) is 19.9. The van der Waals surface area contributed by atoms with Crippen molar-refractivity contribution in [2.24, 2.45) is 5.41 Å². The highest BCUT2D eigenvalue weighted by Crippen LogP contribution is 2.27. The molecule has 0 spiro atoms. The lowest BCUT2D eigenvalue weighted by Gasteiger charge is -2.31. The van der Waals surface area contributed by atoms with Gasteiger partial charge < -0.3 is 23.7 Å². The average Bonchev–Trinajstić information content (AvgIpc) is 3.04. The largest absolute Gasteiger partial charge is 0.497 e. The molecule has 8 heteroatoms. The number of methoxy groups -OCH3 is 2. The predicted molar refractivity (Wildman–Crippen MR) is 154 cm³/mol. The molecule has 212 valence electrons. The van der Waals surface area contributed by atoms with Crippen molar-refractivity contribution in [3.05, 3.63) is 108 Å². The van der Waals surface area contributed by atoms with Gasteiger partial charge in [-0.2, -0.15) is 0 Å². The van der Waals surface area contributed by atoms with Crippen LogP contribution in [-0.4, -0.2) is 51.9 Å². The highest BCUT2D eigenvalue weighted by Gasteiger charge is 2.35. The van der Waals surface area contributed by atoms with Crippen molar-refractivity contribution < 1.29 is 38.1 Å². The van der Waals surface area contributed by atoms with Gasteiger partial charge in [-0.3, -0.25) is 0 Å². The molecular formula is C33H32O8. The number of fused-ring (bicyclic) bond motifs is 1. The molecule has 4 rings (SSSR count). The van der Waals surface area contributed by atoms with Crippen LogP contribution >= 0.6 is 0 Å². The summed E-state index contributed by atoms with van der Waals surface area (Å²) in [5.74, 6) is -0.437. The summed E-state index contributed by atoms with van der Waals surface area (Å²) in [4.78, 5) is 38.9. The monoisotopic (exact) mass is 556 g/mol. The van der Waals surface area contributed by atoms with Crippen LogP contribution in [0, 0.1) is 5.41 Å². The Morgan fingerprint density at radius 3 is 1.54 bits per heavy atom. The van der Waals surface area contributed by atoms with E-state index >= 15 is 0 Å². The van der Waals surface area contributed by atoms with Crippen molar-refractivity contribution in [1.82, 2.24) is 0 Å². The first-order valence-corrected chi connectivity index (χ1v) is 13.2. The number of carbonyl (C=O) groups is 3. The van der Waals surface area contributed by atoms with Crippen molar-refractivity contribution in [2.45, 2.75) is 13.3 Å². The van der Waals surface area contributed by atoms with Gasteiger partial charge in [-0.1, -0.05) is 43.3 Å². The molecule has 0 aliphatic rings. The van der Waals surface area contributed by atoms with Crippen LogP contribution in [-0.2, 0) is 14.2 Å². The van der Waals surface area contributed by atoms with Gasteiger partial charge in [0.15, 0.2) is 0 Å². The average molecular weight is 557 g/mol. The maximum atomic E-state index is 13.2. The third kappa shape index (κ3) is 7.22. The summed E-state index contributed by atoms with van der Waals surface area (Å²) in [5.41, 5.74) is 0.0842. The SMILES string of the molecule is CCC(COC(=O)c1ccc(OC)cc1)(COC(=O)c1ccc(OC)cc1)COC(=O)c1cccc2ccccc12. The summed E-state index contributed by atoms with van der Waals surface area (Å²) in [6, 6.07) is 25.9. The zero-order valence-corrected chi connectivity index (χ0v) is 23.3. The lowest BCUT2D eigenvalue weighted by molar-refractivity contribution is -0.0380.